The van der Waals surface area contributed by atoms with E-state index < -0.39 is 22.9 Å². The summed E-state index contributed by atoms with van der Waals surface area (Å²) in [5, 5.41) is 16.9. The van der Waals surface area contributed by atoms with E-state index in [1.54, 1.807) is 0 Å². The van der Waals surface area contributed by atoms with Gasteiger partial charge in [-0.15, -0.1) is 0 Å². The molecular formula is C21H25N3O6. The molecule has 30 heavy (non-hydrogen) atoms. The highest BCUT2D eigenvalue weighted by atomic mass is 16.6. The standard InChI is InChI=1S/C21H25N3O6/c1-13-5-6-14(2)18(11-13)23-20(25)15(3)30-21(26)16-7-8-17(22-9-10-29-4)19(12-16)24(27)28/h5-8,11-12,15,22H,9-10H2,1-4H3,(H,23,25)/t15-/m0/s1. The van der Waals surface area contributed by atoms with E-state index in [0.29, 0.717) is 18.8 Å². The third kappa shape index (κ3) is 6.02. The molecule has 0 saturated carbocycles. The van der Waals surface area contributed by atoms with Crippen molar-refractivity contribution in [3.63, 3.8) is 0 Å². The first kappa shape index (κ1) is 22.8. The minimum absolute atomic E-state index is 0.0228. The molecule has 160 valence electrons. The lowest BCUT2D eigenvalue weighted by molar-refractivity contribution is -0.384. The number of aryl methyl sites for hydroxylation is 2. The molecule has 0 aliphatic carbocycles. The zero-order chi connectivity index (χ0) is 22.3. The van der Waals surface area contributed by atoms with Crippen molar-refractivity contribution in [2.75, 3.05) is 30.9 Å². The number of hydrogen-bond acceptors (Lipinski definition) is 7. The first-order chi connectivity index (χ1) is 14.2. The van der Waals surface area contributed by atoms with E-state index in [9.17, 15) is 19.7 Å². The van der Waals surface area contributed by atoms with Crippen LogP contribution in [0.4, 0.5) is 17.1 Å². The van der Waals surface area contributed by atoms with Crippen LogP contribution < -0.4 is 10.6 Å². The molecule has 0 aliphatic heterocycles. The lowest BCUT2D eigenvalue weighted by Gasteiger charge is -2.15. The fraction of sp³-hybridized carbons (Fsp3) is 0.333. The molecule has 9 heteroatoms. The molecule has 0 aromatic heterocycles. The lowest BCUT2D eigenvalue weighted by Crippen LogP contribution is -2.30. The van der Waals surface area contributed by atoms with E-state index in [2.05, 4.69) is 10.6 Å². The van der Waals surface area contributed by atoms with Crippen LogP contribution in [-0.2, 0) is 14.3 Å². The molecule has 0 spiro atoms. The Morgan fingerprint density at radius 1 is 1.13 bits per heavy atom. The quantitative estimate of drug-likeness (QED) is 0.278. The third-order valence-corrected chi connectivity index (χ3v) is 4.36. The summed E-state index contributed by atoms with van der Waals surface area (Å²) in [4.78, 5) is 35.6. The zero-order valence-electron chi connectivity index (χ0n) is 17.4. The van der Waals surface area contributed by atoms with Crippen LogP contribution in [0.3, 0.4) is 0 Å². The average Bonchev–Trinajstić information content (AvgIpc) is 2.70. The highest BCUT2D eigenvalue weighted by Crippen LogP contribution is 2.26. The minimum Gasteiger partial charge on any atom is -0.449 e. The van der Waals surface area contributed by atoms with Crippen molar-refractivity contribution in [1.29, 1.82) is 0 Å². The number of anilines is 2. The number of nitrogens with zero attached hydrogens (tertiary/aromatic N) is 1. The third-order valence-electron chi connectivity index (χ3n) is 4.36. The normalized spacial score (nSPS) is 11.5. The van der Waals surface area contributed by atoms with Crippen LogP contribution in [0.5, 0.6) is 0 Å². The summed E-state index contributed by atoms with van der Waals surface area (Å²) in [6.07, 6.45) is -1.09. The Kier molecular flexibility index (Phi) is 7.88. The minimum atomic E-state index is -1.09. The van der Waals surface area contributed by atoms with Crippen LogP contribution in [0.25, 0.3) is 0 Å². The number of nitrogens with one attached hydrogen (secondary N) is 2. The SMILES string of the molecule is COCCNc1ccc(C(=O)O[C@@H](C)C(=O)Nc2cc(C)ccc2C)cc1[N+](=O)[O-]. The molecule has 2 aromatic carbocycles. The molecule has 0 radical (unpaired) electrons. The summed E-state index contributed by atoms with van der Waals surface area (Å²) in [5.74, 6) is -1.32. The summed E-state index contributed by atoms with van der Waals surface area (Å²) in [6.45, 7) is 5.94. The van der Waals surface area contributed by atoms with Crippen molar-refractivity contribution in [1.82, 2.24) is 0 Å². The number of methoxy groups -OCH3 is 1. The van der Waals surface area contributed by atoms with Gasteiger partial charge < -0.3 is 20.1 Å². The maximum absolute atomic E-state index is 12.4. The molecule has 2 N–H and O–H groups in total. The van der Waals surface area contributed by atoms with Gasteiger partial charge in [-0.05, 0) is 50.1 Å². The van der Waals surface area contributed by atoms with E-state index in [1.165, 1.54) is 26.2 Å². The molecule has 0 aliphatic rings. The van der Waals surface area contributed by atoms with Crippen molar-refractivity contribution in [3.8, 4) is 0 Å². The Hall–Kier alpha value is -3.46. The van der Waals surface area contributed by atoms with Crippen molar-refractivity contribution in [2.24, 2.45) is 0 Å². The highest BCUT2D eigenvalue weighted by Gasteiger charge is 2.22. The van der Waals surface area contributed by atoms with Gasteiger partial charge in [0, 0.05) is 25.4 Å². The van der Waals surface area contributed by atoms with Crippen LogP contribution in [-0.4, -0.2) is 43.2 Å². The maximum atomic E-state index is 12.4. The van der Waals surface area contributed by atoms with Gasteiger partial charge in [0.05, 0.1) is 17.1 Å². The van der Waals surface area contributed by atoms with Gasteiger partial charge in [-0.25, -0.2) is 4.79 Å². The van der Waals surface area contributed by atoms with E-state index in [1.807, 2.05) is 32.0 Å². The molecule has 2 aromatic rings. The number of esters is 1. The van der Waals surface area contributed by atoms with Crippen LogP contribution in [0, 0.1) is 24.0 Å². The van der Waals surface area contributed by atoms with Gasteiger partial charge in [0.1, 0.15) is 5.69 Å². The number of benzene rings is 2. The largest absolute Gasteiger partial charge is 0.449 e. The summed E-state index contributed by atoms with van der Waals surface area (Å²) in [6, 6.07) is 9.57. The van der Waals surface area contributed by atoms with Gasteiger partial charge in [0.2, 0.25) is 0 Å². The summed E-state index contributed by atoms with van der Waals surface area (Å²) >= 11 is 0. The van der Waals surface area contributed by atoms with Gasteiger partial charge in [0.15, 0.2) is 6.10 Å². The average molecular weight is 415 g/mol. The summed E-state index contributed by atoms with van der Waals surface area (Å²) in [7, 11) is 1.52. The van der Waals surface area contributed by atoms with Gasteiger partial charge >= 0.3 is 5.97 Å². The lowest BCUT2D eigenvalue weighted by atomic mass is 10.1. The predicted molar refractivity (Wildman–Crippen MR) is 113 cm³/mol. The van der Waals surface area contributed by atoms with Gasteiger partial charge in [-0.2, -0.15) is 0 Å². The Bertz CT molecular complexity index is 944. The van der Waals surface area contributed by atoms with E-state index in [0.717, 1.165) is 17.2 Å². The first-order valence-corrected chi connectivity index (χ1v) is 9.33. The Labute approximate surface area is 174 Å². The first-order valence-electron chi connectivity index (χ1n) is 9.33. The molecule has 0 fully saturated rings. The van der Waals surface area contributed by atoms with Crippen molar-refractivity contribution < 1.29 is 24.0 Å². The Balaban J connectivity index is 2.08. The molecule has 2 rings (SSSR count). The monoisotopic (exact) mass is 415 g/mol. The number of carbonyl (C=O) groups is 2. The molecule has 1 atom stereocenters. The van der Waals surface area contributed by atoms with Crippen molar-refractivity contribution in [2.45, 2.75) is 26.9 Å². The number of amides is 1. The van der Waals surface area contributed by atoms with Gasteiger partial charge in [-0.3, -0.25) is 14.9 Å². The van der Waals surface area contributed by atoms with Crippen LogP contribution in [0.15, 0.2) is 36.4 Å². The van der Waals surface area contributed by atoms with E-state index >= 15 is 0 Å². The molecule has 0 saturated heterocycles. The Morgan fingerprint density at radius 3 is 2.53 bits per heavy atom. The fourth-order valence-electron chi connectivity index (χ4n) is 2.63. The van der Waals surface area contributed by atoms with Crippen LogP contribution in [0.2, 0.25) is 0 Å². The molecule has 0 heterocycles. The van der Waals surface area contributed by atoms with Crippen LogP contribution >= 0.6 is 0 Å². The highest BCUT2D eigenvalue weighted by molar-refractivity contribution is 5.98. The molecule has 0 unspecified atom stereocenters. The molecule has 0 bridgehead atoms. The molecular weight excluding hydrogens is 390 g/mol. The zero-order valence-corrected chi connectivity index (χ0v) is 17.4. The number of hydrogen-bond donors (Lipinski definition) is 2. The predicted octanol–water partition coefficient (Wildman–Crippen LogP) is 3.45. The second-order valence-electron chi connectivity index (χ2n) is 6.76. The number of nitro groups is 1. The molecule has 9 nitrogen and oxygen atoms in total. The second-order valence-corrected chi connectivity index (χ2v) is 6.76. The fourth-order valence-corrected chi connectivity index (χ4v) is 2.63. The van der Waals surface area contributed by atoms with E-state index in [4.69, 9.17) is 9.47 Å². The van der Waals surface area contributed by atoms with Gasteiger partial charge in [-0.1, -0.05) is 12.1 Å². The van der Waals surface area contributed by atoms with Crippen molar-refractivity contribution in [3.05, 3.63) is 63.2 Å². The molecule has 1 amide bonds. The van der Waals surface area contributed by atoms with E-state index in [-0.39, 0.29) is 16.9 Å². The van der Waals surface area contributed by atoms with Crippen molar-refractivity contribution >= 4 is 28.9 Å². The second kappa shape index (κ2) is 10.4. The van der Waals surface area contributed by atoms with Gasteiger partial charge in [0.25, 0.3) is 11.6 Å². The number of carbonyl (C=O) groups excluding carboxylic acids is 2. The number of ether oxygens (including phenoxy) is 2. The topological polar surface area (TPSA) is 120 Å². The Morgan fingerprint density at radius 2 is 1.87 bits per heavy atom. The number of nitro benzene ring substituents is 1. The summed E-state index contributed by atoms with van der Waals surface area (Å²) < 4.78 is 10.1. The summed E-state index contributed by atoms with van der Waals surface area (Å²) in [5.41, 5.74) is 2.45. The maximum Gasteiger partial charge on any atom is 0.339 e. The van der Waals surface area contributed by atoms with Crippen LogP contribution in [0.1, 0.15) is 28.4 Å². The smallest absolute Gasteiger partial charge is 0.339 e. The number of rotatable bonds is 9.